The number of hydrogen-bond donors (Lipinski definition) is 0. The molecule has 2 heterocycles. The van der Waals surface area contributed by atoms with Crippen LogP contribution in [0.4, 0.5) is 10.5 Å². The highest BCUT2D eigenvalue weighted by Crippen LogP contribution is 2.30. The highest BCUT2D eigenvalue weighted by molar-refractivity contribution is 6.21. The second kappa shape index (κ2) is 4.12. The van der Waals surface area contributed by atoms with E-state index in [1.54, 1.807) is 4.90 Å². The molecule has 2 aliphatic heterocycles. The number of hydrogen-bond acceptors (Lipinski definition) is 2. The van der Waals surface area contributed by atoms with Crippen molar-refractivity contribution >= 4 is 17.6 Å². The summed E-state index contributed by atoms with van der Waals surface area (Å²) in [6, 6.07) is 7.15. The van der Waals surface area contributed by atoms with Crippen LogP contribution in [-0.2, 0) is 4.79 Å². The summed E-state index contributed by atoms with van der Waals surface area (Å²) in [6.45, 7) is 2.67. The van der Waals surface area contributed by atoms with Crippen molar-refractivity contribution in [1.29, 1.82) is 0 Å². The molecule has 1 atom stereocenters. The second-order valence-corrected chi connectivity index (χ2v) is 5.00. The van der Waals surface area contributed by atoms with Crippen molar-refractivity contribution in [3.8, 4) is 0 Å². The molecule has 0 N–H and O–H groups in total. The summed E-state index contributed by atoms with van der Waals surface area (Å²) >= 11 is 0. The zero-order valence-corrected chi connectivity index (χ0v) is 10.4. The molecule has 0 bridgehead atoms. The molecule has 1 aromatic carbocycles. The van der Waals surface area contributed by atoms with Gasteiger partial charge in [-0.25, -0.2) is 9.69 Å². The second-order valence-electron chi connectivity index (χ2n) is 5.00. The predicted molar refractivity (Wildman–Crippen MR) is 68.4 cm³/mol. The van der Waals surface area contributed by atoms with Gasteiger partial charge in [-0.15, -0.1) is 0 Å². The third-order valence-electron chi connectivity index (χ3n) is 3.71. The van der Waals surface area contributed by atoms with E-state index in [2.05, 4.69) is 0 Å². The summed E-state index contributed by atoms with van der Waals surface area (Å²) in [6.07, 6.45) is 2.83. The van der Waals surface area contributed by atoms with E-state index in [9.17, 15) is 9.59 Å². The number of rotatable bonds is 1. The molecule has 1 unspecified atom stereocenters. The number of benzene rings is 1. The fraction of sp³-hybridized carbons (Fsp3) is 0.429. The van der Waals surface area contributed by atoms with Gasteiger partial charge < -0.3 is 4.90 Å². The zero-order chi connectivity index (χ0) is 12.7. The number of piperidine rings is 1. The molecular weight excluding hydrogens is 228 g/mol. The number of urea groups is 1. The Hall–Kier alpha value is -1.84. The number of amides is 3. The lowest BCUT2D eigenvalue weighted by atomic mass is 10.0. The molecule has 4 heteroatoms. The number of imide groups is 1. The van der Waals surface area contributed by atoms with Crippen LogP contribution >= 0.6 is 0 Å². The van der Waals surface area contributed by atoms with E-state index < -0.39 is 0 Å². The molecule has 2 fully saturated rings. The molecule has 3 amide bonds. The van der Waals surface area contributed by atoms with Crippen LogP contribution in [0.1, 0.15) is 24.8 Å². The maximum absolute atomic E-state index is 12.3. The lowest BCUT2D eigenvalue weighted by Crippen LogP contribution is -2.39. The normalized spacial score (nSPS) is 23.5. The topological polar surface area (TPSA) is 40.6 Å². The van der Waals surface area contributed by atoms with Crippen molar-refractivity contribution in [2.75, 3.05) is 11.4 Å². The van der Waals surface area contributed by atoms with E-state index in [1.807, 2.05) is 31.2 Å². The average molecular weight is 244 g/mol. The third kappa shape index (κ3) is 1.60. The molecule has 94 valence electrons. The Morgan fingerprint density at radius 2 is 2.06 bits per heavy atom. The molecule has 0 aromatic heterocycles. The van der Waals surface area contributed by atoms with Crippen LogP contribution in [0.25, 0.3) is 0 Å². The first-order chi connectivity index (χ1) is 8.68. The Morgan fingerprint density at radius 1 is 1.22 bits per heavy atom. The molecular formula is C14H16N2O2. The maximum atomic E-state index is 12.3. The van der Waals surface area contributed by atoms with Gasteiger partial charge in [0.15, 0.2) is 0 Å². The number of fused-ring (bicyclic) bond motifs is 1. The summed E-state index contributed by atoms with van der Waals surface area (Å²) in [7, 11) is 0. The largest absolute Gasteiger partial charge is 0.332 e. The summed E-state index contributed by atoms with van der Waals surface area (Å²) in [4.78, 5) is 27.7. The van der Waals surface area contributed by atoms with E-state index >= 15 is 0 Å². The first kappa shape index (κ1) is 11.3. The summed E-state index contributed by atoms with van der Waals surface area (Å²) in [5.74, 6) is -0.0645. The lowest BCUT2D eigenvalue weighted by molar-refractivity contribution is -0.120. The number of aryl methyl sites for hydroxylation is 1. The Kier molecular flexibility index (Phi) is 2.58. The average Bonchev–Trinajstić information content (AvgIpc) is 2.63. The molecule has 0 saturated carbocycles. The molecule has 0 aliphatic carbocycles. The fourth-order valence-electron chi connectivity index (χ4n) is 2.79. The highest BCUT2D eigenvalue weighted by atomic mass is 16.2. The maximum Gasteiger partial charge on any atom is 0.332 e. The van der Waals surface area contributed by atoms with Gasteiger partial charge in [0, 0.05) is 6.54 Å². The van der Waals surface area contributed by atoms with Crippen LogP contribution in [0.2, 0.25) is 0 Å². The Labute approximate surface area is 106 Å². The number of anilines is 1. The van der Waals surface area contributed by atoms with Crippen molar-refractivity contribution in [3.05, 3.63) is 29.8 Å². The minimum Gasteiger partial charge on any atom is -0.312 e. The summed E-state index contributed by atoms with van der Waals surface area (Å²) < 4.78 is 0. The molecule has 2 saturated heterocycles. The van der Waals surface area contributed by atoms with Crippen molar-refractivity contribution in [3.63, 3.8) is 0 Å². The van der Waals surface area contributed by atoms with Gasteiger partial charge in [0.1, 0.15) is 6.04 Å². The zero-order valence-electron chi connectivity index (χ0n) is 10.4. The van der Waals surface area contributed by atoms with Gasteiger partial charge in [-0.3, -0.25) is 4.79 Å². The van der Waals surface area contributed by atoms with Gasteiger partial charge in [-0.1, -0.05) is 12.1 Å². The van der Waals surface area contributed by atoms with Crippen LogP contribution in [0.5, 0.6) is 0 Å². The minimum atomic E-state index is -0.230. The van der Waals surface area contributed by atoms with Gasteiger partial charge in [0.2, 0.25) is 0 Å². The Balaban J connectivity index is 1.97. The molecule has 2 aliphatic rings. The van der Waals surface area contributed by atoms with Crippen molar-refractivity contribution in [2.24, 2.45) is 0 Å². The van der Waals surface area contributed by atoms with Crippen LogP contribution in [0.15, 0.2) is 24.3 Å². The molecule has 0 spiro atoms. The van der Waals surface area contributed by atoms with E-state index in [-0.39, 0.29) is 18.0 Å². The van der Waals surface area contributed by atoms with E-state index in [0.29, 0.717) is 12.2 Å². The smallest absolute Gasteiger partial charge is 0.312 e. The van der Waals surface area contributed by atoms with E-state index in [0.717, 1.165) is 24.8 Å². The molecule has 3 rings (SSSR count). The molecule has 4 nitrogen and oxygen atoms in total. The summed E-state index contributed by atoms with van der Waals surface area (Å²) in [5, 5.41) is 0. The quantitative estimate of drug-likeness (QED) is 0.711. The van der Waals surface area contributed by atoms with Crippen LogP contribution in [0, 0.1) is 6.92 Å². The monoisotopic (exact) mass is 244 g/mol. The van der Waals surface area contributed by atoms with Crippen molar-refractivity contribution in [2.45, 2.75) is 32.2 Å². The standard InChI is InChI=1S/C14H16N2O2/c1-10-5-4-6-11(9-10)16-13(17)12-7-2-3-8-15(12)14(16)18/h4-6,9,12H,2-3,7-8H2,1H3. The van der Waals surface area contributed by atoms with E-state index in [4.69, 9.17) is 0 Å². The molecule has 18 heavy (non-hydrogen) atoms. The highest BCUT2D eigenvalue weighted by Gasteiger charge is 2.46. The van der Waals surface area contributed by atoms with Gasteiger partial charge >= 0.3 is 6.03 Å². The van der Waals surface area contributed by atoms with Gasteiger partial charge in [0.05, 0.1) is 5.69 Å². The molecule has 1 aromatic rings. The third-order valence-corrected chi connectivity index (χ3v) is 3.71. The Morgan fingerprint density at radius 3 is 2.78 bits per heavy atom. The molecule has 0 radical (unpaired) electrons. The van der Waals surface area contributed by atoms with Crippen LogP contribution < -0.4 is 4.90 Å². The number of nitrogens with zero attached hydrogens (tertiary/aromatic N) is 2. The number of carbonyl (C=O) groups excluding carboxylic acids is 2. The SMILES string of the molecule is Cc1cccc(N2C(=O)C3CCCCN3C2=O)c1. The van der Waals surface area contributed by atoms with Gasteiger partial charge in [-0.2, -0.15) is 0 Å². The van der Waals surface area contributed by atoms with E-state index in [1.165, 1.54) is 4.90 Å². The lowest BCUT2D eigenvalue weighted by Gasteiger charge is -2.25. The summed E-state index contributed by atoms with van der Waals surface area (Å²) in [5.41, 5.74) is 1.75. The minimum absolute atomic E-state index is 0.0645. The first-order valence-electron chi connectivity index (χ1n) is 6.40. The fourth-order valence-corrected chi connectivity index (χ4v) is 2.79. The van der Waals surface area contributed by atoms with Crippen molar-refractivity contribution < 1.29 is 9.59 Å². The van der Waals surface area contributed by atoms with Crippen molar-refractivity contribution in [1.82, 2.24) is 4.90 Å². The van der Waals surface area contributed by atoms with Gasteiger partial charge in [0.25, 0.3) is 5.91 Å². The van der Waals surface area contributed by atoms with Gasteiger partial charge in [-0.05, 0) is 43.9 Å². The Bertz CT molecular complexity index is 488. The number of carbonyl (C=O) groups is 2. The van der Waals surface area contributed by atoms with Crippen LogP contribution in [0.3, 0.4) is 0 Å². The first-order valence-corrected chi connectivity index (χ1v) is 6.40. The van der Waals surface area contributed by atoms with Crippen LogP contribution in [-0.4, -0.2) is 29.4 Å². The predicted octanol–water partition coefficient (Wildman–Crippen LogP) is 2.32.